The van der Waals surface area contributed by atoms with E-state index in [4.69, 9.17) is 5.73 Å². The van der Waals surface area contributed by atoms with Gasteiger partial charge >= 0.3 is 0 Å². The Morgan fingerprint density at radius 3 is 2.67 bits per heavy atom. The molecule has 0 spiro atoms. The number of hydrogen-bond acceptors (Lipinski definition) is 4. The Hall–Kier alpha value is -1.63. The molecule has 0 atom stereocenters. The van der Waals surface area contributed by atoms with E-state index in [1.165, 1.54) is 6.07 Å². The molecule has 18 heavy (non-hydrogen) atoms. The molecule has 1 aromatic rings. The molecule has 1 aromatic carbocycles. The molecule has 0 aliphatic rings. The second-order valence-electron chi connectivity index (χ2n) is 3.71. The van der Waals surface area contributed by atoms with Crippen molar-refractivity contribution < 1.29 is 17.6 Å². The number of amides is 1. The fourth-order valence-corrected chi connectivity index (χ4v) is 2.70. The molecule has 7 heteroatoms. The fraction of sp³-hybridized carbons (Fsp3) is 0.364. The third-order valence-electron chi connectivity index (χ3n) is 2.26. The van der Waals surface area contributed by atoms with Crippen molar-refractivity contribution in [2.75, 3.05) is 18.0 Å². The molecule has 0 bridgehead atoms. The Morgan fingerprint density at radius 2 is 2.11 bits per heavy atom. The van der Waals surface area contributed by atoms with Crippen LogP contribution in [-0.2, 0) is 14.6 Å². The lowest BCUT2D eigenvalue weighted by Crippen LogP contribution is -2.25. The predicted molar refractivity (Wildman–Crippen MR) is 66.2 cm³/mol. The molecule has 0 aliphatic carbocycles. The monoisotopic (exact) mass is 274 g/mol. The summed E-state index contributed by atoms with van der Waals surface area (Å²) in [6.07, 6.45) is -0.194. The lowest BCUT2D eigenvalue weighted by molar-refractivity contribution is -0.120. The van der Waals surface area contributed by atoms with Gasteiger partial charge in [0.15, 0.2) is 9.84 Å². The van der Waals surface area contributed by atoms with Gasteiger partial charge in [-0.2, -0.15) is 0 Å². The Balaban J connectivity index is 2.83. The minimum atomic E-state index is -3.81. The summed E-state index contributed by atoms with van der Waals surface area (Å²) in [6, 6.07) is 3.36. The van der Waals surface area contributed by atoms with Crippen LogP contribution in [0.25, 0.3) is 0 Å². The van der Waals surface area contributed by atoms with Crippen LogP contribution in [0.5, 0.6) is 0 Å². The zero-order chi connectivity index (χ0) is 13.8. The number of halogens is 1. The van der Waals surface area contributed by atoms with Gasteiger partial charge in [0.1, 0.15) is 10.7 Å². The molecule has 0 radical (unpaired) electrons. The number of nitrogens with two attached hydrogens (primary N) is 1. The van der Waals surface area contributed by atoms with Crippen LogP contribution in [0.1, 0.15) is 13.3 Å². The van der Waals surface area contributed by atoms with E-state index in [0.29, 0.717) is 6.54 Å². The van der Waals surface area contributed by atoms with Crippen molar-refractivity contribution in [1.82, 2.24) is 5.32 Å². The van der Waals surface area contributed by atoms with Crippen molar-refractivity contribution in [3.8, 4) is 0 Å². The van der Waals surface area contributed by atoms with Crippen molar-refractivity contribution in [3.63, 3.8) is 0 Å². The Labute approximate surface area is 105 Å². The van der Waals surface area contributed by atoms with E-state index in [1.807, 2.05) is 0 Å². The summed E-state index contributed by atoms with van der Waals surface area (Å²) < 4.78 is 37.1. The van der Waals surface area contributed by atoms with Gasteiger partial charge in [-0.25, -0.2) is 12.8 Å². The van der Waals surface area contributed by atoms with E-state index in [9.17, 15) is 17.6 Å². The fourth-order valence-electron chi connectivity index (χ4n) is 1.39. The Kier molecular flexibility index (Phi) is 4.66. The number of sulfone groups is 1. The van der Waals surface area contributed by atoms with E-state index < -0.39 is 26.3 Å². The van der Waals surface area contributed by atoms with Crippen LogP contribution < -0.4 is 11.1 Å². The largest absolute Gasteiger partial charge is 0.399 e. The van der Waals surface area contributed by atoms with Crippen molar-refractivity contribution >= 4 is 21.4 Å². The highest BCUT2D eigenvalue weighted by molar-refractivity contribution is 7.91. The summed E-state index contributed by atoms with van der Waals surface area (Å²) in [5.74, 6) is -1.71. The molecule has 0 heterocycles. The first-order valence-electron chi connectivity index (χ1n) is 5.41. The average molecular weight is 274 g/mol. The standard InChI is InChI=1S/C11H15FN2O3S/c1-2-14-11(15)5-6-18(16,17)10-4-3-8(13)7-9(10)12/h3-4,7H,2,5-6,13H2,1H3,(H,14,15). The lowest BCUT2D eigenvalue weighted by Gasteiger charge is -2.06. The summed E-state index contributed by atoms with van der Waals surface area (Å²) in [5, 5.41) is 2.48. The van der Waals surface area contributed by atoms with Crippen molar-refractivity contribution in [2.45, 2.75) is 18.2 Å². The highest BCUT2D eigenvalue weighted by Crippen LogP contribution is 2.19. The molecule has 3 N–H and O–H groups in total. The maximum atomic E-state index is 13.5. The van der Waals surface area contributed by atoms with E-state index in [-0.39, 0.29) is 18.0 Å². The Bertz CT molecular complexity index is 543. The maximum Gasteiger partial charge on any atom is 0.221 e. The quantitative estimate of drug-likeness (QED) is 0.774. The molecule has 0 saturated carbocycles. The smallest absolute Gasteiger partial charge is 0.221 e. The number of anilines is 1. The molecule has 0 aromatic heterocycles. The first-order valence-corrected chi connectivity index (χ1v) is 7.06. The van der Waals surface area contributed by atoms with Crippen molar-refractivity contribution in [1.29, 1.82) is 0 Å². The van der Waals surface area contributed by atoms with Crippen molar-refractivity contribution in [3.05, 3.63) is 24.0 Å². The summed E-state index contributed by atoms with van der Waals surface area (Å²) in [5.41, 5.74) is 5.48. The highest BCUT2D eigenvalue weighted by Gasteiger charge is 2.20. The summed E-state index contributed by atoms with van der Waals surface area (Å²) in [4.78, 5) is 10.7. The van der Waals surface area contributed by atoms with Gasteiger partial charge < -0.3 is 11.1 Å². The summed E-state index contributed by atoms with van der Waals surface area (Å²) in [6.45, 7) is 2.15. The predicted octanol–water partition coefficient (Wildman–Crippen LogP) is 0.708. The molecular formula is C11H15FN2O3S. The van der Waals surface area contributed by atoms with Gasteiger partial charge in [0.25, 0.3) is 0 Å². The van der Waals surface area contributed by atoms with E-state index in [2.05, 4.69) is 5.32 Å². The number of hydrogen-bond donors (Lipinski definition) is 2. The van der Waals surface area contributed by atoms with Crippen LogP contribution in [0.4, 0.5) is 10.1 Å². The molecule has 1 rings (SSSR count). The number of benzene rings is 1. The molecule has 1 amide bonds. The zero-order valence-corrected chi connectivity index (χ0v) is 10.8. The number of carbonyl (C=O) groups excluding carboxylic acids is 1. The van der Waals surface area contributed by atoms with Gasteiger partial charge in [-0.05, 0) is 25.1 Å². The van der Waals surface area contributed by atoms with E-state index in [0.717, 1.165) is 12.1 Å². The van der Waals surface area contributed by atoms with Crippen LogP contribution in [0.15, 0.2) is 23.1 Å². The van der Waals surface area contributed by atoms with E-state index in [1.54, 1.807) is 6.92 Å². The normalized spacial score (nSPS) is 11.2. The summed E-state index contributed by atoms with van der Waals surface area (Å²) >= 11 is 0. The first kappa shape index (κ1) is 14.4. The number of nitrogens with one attached hydrogen (secondary N) is 1. The third kappa shape index (κ3) is 3.69. The van der Waals surface area contributed by atoms with Gasteiger partial charge in [-0.1, -0.05) is 0 Å². The van der Waals surface area contributed by atoms with Gasteiger partial charge in [0.2, 0.25) is 5.91 Å². The molecule has 0 saturated heterocycles. The SMILES string of the molecule is CCNC(=O)CCS(=O)(=O)c1ccc(N)cc1F. The van der Waals surface area contributed by atoms with E-state index >= 15 is 0 Å². The second kappa shape index (κ2) is 5.81. The van der Waals surface area contributed by atoms with Gasteiger partial charge in [-0.3, -0.25) is 4.79 Å². The minimum absolute atomic E-state index is 0.148. The van der Waals surface area contributed by atoms with Crippen LogP contribution in [0, 0.1) is 5.82 Å². The van der Waals surface area contributed by atoms with Gasteiger partial charge in [-0.15, -0.1) is 0 Å². The molecule has 0 unspecified atom stereocenters. The minimum Gasteiger partial charge on any atom is -0.399 e. The zero-order valence-electron chi connectivity index (χ0n) is 9.94. The Morgan fingerprint density at radius 1 is 1.44 bits per heavy atom. The second-order valence-corrected chi connectivity index (χ2v) is 5.79. The average Bonchev–Trinajstić information content (AvgIpc) is 2.26. The number of carbonyl (C=O) groups is 1. The molecule has 0 aliphatic heterocycles. The molecule has 5 nitrogen and oxygen atoms in total. The molecular weight excluding hydrogens is 259 g/mol. The number of rotatable bonds is 5. The third-order valence-corrected chi connectivity index (χ3v) is 4.01. The maximum absolute atomic E-state index is 13.5. The van der Waals surface area contributed by atoms with Crippen LogP contribution >= 0.6 is 0 Å². The topological polar surface area (TPSA) is 89.3 Å². The molecule has 0 fully saturated rings. The van der Waals surface area contributed by atoms with Crippen LogP contribution in [0.3, 0.4) is 0 Å². The lowest BCUT2D eigenvalue weighted by atomic mass is 10.3. The summed E-state index contributed by atoms with van der Waals surface area (Å²) in [7, 11) is -3.81. The van der Waals surface area contributed by atoms with Crippen LogP contribution in [0.2, 0.25) is 0 Å². The molecule has 100 valence electrons. The highest BCUT2D eigenvalue weighted by atomic mass is 32.2. The van der Waals surface area contributed by atoms with Gasteiger partial charge in [0.05, 0.1) is 5.75 Å². The van der Waals surface area contributed by atoms with Gasteiger partial charge in [0, 0.05) is 18.7 Å². The first-order chi connectivity index (χ1) is 8.36. The number of nitrogen functional groups attached to an aromatic ring is 1. The van der Waals surface area contributed by atoms with Crippen molar-refractivity contribution in [2.24, 2.45) is 0 Å². The van der Waals surface area contributed by atoms with Crippen LogP contribution in [-0.4, -0.2) is 26.6 Å².